The first-order valence-corrected chi connectivity index (χ1v) is 7.72. The molecule has 6 nitrogen and oxygen atoms in total. The quantitative estimate of drug-likeness (QED) is 0.803. The maximum atomic E-state index is 12.2. The van der Waals surface area contributed by atoms with Gasteiger partial charge in [-0.3, -0.25) is 4.79 Å². The van der Waals surface area contributed by atoms with Crippen LogP contribution in [0.25, 0.3) is 6.08 Å². The Morgan fingerprint density at radius 1 is 1.43 bits per heavy atom. The molecule has 1 aliphatic heterocycles. The van der Waals surface area contributed by atoms with Crippen LogP contribution in [0.4, 0.5) is 4.79 Å². The second-order valence-electron chi connectivity index (χ2n) is 6.67. The summed E-state index contributed by atoms with van der Waals surface area (Å²) in [6.45, 7) is 6.64. The lowest BCUT2D eigenvalue weighted by Gasteiger charge is -2.28. The van der Waals surface area contributed by atoms with Crippen molar-refractivity contribution in [3.63, 3.8) is 0 Å². The second kappa shape index (κ2) is 6.89. The van der Waals surface area contributed by atoms with Gasteiger partial charge >= 0.3 is 6.09 Å². The number of ether oxygens (including phenoxy) is 1. The zero-order valence-electron chi connectivity index (χ0n) is 14.1. The van der Waals surface area contributed by atoms with Gasteiger partial charge in [0.1, 0.15) is 11.4 Å². The molecule has 0 aromatic carbocycles. The SMILES string of the molecule is CN(C(=O)OC(C)(C)C)C1CCN(C(=O)C=Cc2ccco2)C1. The van der Waals surface area contributed by atoms with E-state index >= 15 is 0 Å². The first kappa shape index (κ1) is 17.1. The van der Waals surface area contributed by atoms with Gasteiger partial charge in [0.15, 0.2) is 0 Å². The Balaban J connectivity index is 1.87. The molecule has 2 rings (SSSR count). The highest BCUT2D eigenvalue weighted by Crippen LogP contribution is 2.18. The maximum absolute atomic E-state index is 12.2. The van der Waals surface area contributed by atoms with E-state index in [1.807, 2.05) is 20.8 Å². The van der Waals surface area contributed by atoms with Gasteiger partial charge in [-0.15, -0.1) is 0 Å². The molecule has 1 aromatic heterocycles. The first-order valence-electron chi connectivity index (χ1n) is 7.72. The minimum absolute atomic E-state index is 0.0224. The lowest BCUT2D eigenvalue weighted by Crippen LogP contribution is -2.42. The Hall–Kier alpha value is -2.24. The smallest absolute Gasteiger partial charge is 0.410 e. The number of furan rings is 1. The summed E-state index contributed by atoms with van der Waals surface area (Å²) >= 11 is 0. The zero-order chi connectivity index (χ0) is 17.0. The topological polar surface area (TPSA) is 63.0 Å². The fourth-order valence-corrected chi connectivity index (χ4v) is 2.39. The molecule has 0 bridgehead atoms. The van der Waals surface area contributed by atoms with Gasteiger partial charge in [-0.2, -0.15) is 0 Å². The standard InChI is InChI=1S/C17H24N2O4/c1-17(2,3)23-16(21)18(4)13-9-10-19(12-13)15(20)8-7-14-6-5-11-22-14/h5-8,11,13H,9-10,12H2,1-4H3. The van der Waals surface area contributed by atoms with Crippen molar-refractivity contribution < 1.29 is 18.7 Å². The van der Waals surface area contributed by atoms with Crippen molar-refractivity contribution >= 4 is 18.1 Å². The monoisotopic (exact) mass is 320 g/mol. The third-order valence-electron chi connectivity index (χ3n) is 3.64. The van der Waals surface area contributed by atoms with Crippen LogP contribution in [0, 0.1) is 0 Å². The minimum atomic E-state index is -0.523. The van der Waals surface area contributed by atoms with Crippen LogP contribution in [0.3, 0.4) is 0 Å². The molecule has 1 aromatic rings. The Morgan fingerprint density at radius 2 is 2.17 bits per heavy atom. The third-order valence-corrected chi connectivity index (χ3v) is 3.64. The molecule has 6 heteroatoms. The molecule has 0 spiro atoms. The van der Waals surface area contributed by atoms with E-state index in [9.17, 15) is 9.59 Å². The summed E-state index contributed by atoms with van der Waals surface area (Å²) in [6.07, 6.45) is 5.09. The number of carbonyl (C=O) groups excluding carboxylic acids is 2. The normalized spacial score (nSPS) is 18.4. The van der Waals surface area contributed by atoms with Gasteiger partial charge in [0, 0.05) is 26.2 Å². The Labute approximate surface area is 136 Å². The molecule has 0 N–H and O–H groups in total. The summed E-state index contributed by atoms with van der Waals surface area (Å²) in [5, 5.41) is 0. The van der Waals surface area contributed by atoms with Crippen molar-refractivity contribution in [2.24, 2.45) is 0 Å². The highest BCUT2D eigenvalue weighted by atomic mass is 16.6. The van der Waals surface area contributed by atoms with E-state index in [0.29, 0.717) is 18.8 Å². The Morgan fingerprint density at radius 3 is 2.78 bits per heavy atom. The number of carbonyl (C=O) groups is 2. The highest BCUT2D eigenvalue weighted by Gasteiger charge is 2.32. The van der Waals surface area contributed by atoms with Crippen LogP contribution in [0.5, 0.6) is 0 Å². The van der Waals surface area contributed by atoms with Crippen molar-refractivity contribution in [3.05, 3.63) is 30.2 Å². The van der Waals surface area contributed by atoms with E-state index < -0.39 is 5.60 Å². The van der Waals surface area contributed by atoms with Crippen LogP contribution < -0.4 is 0 Å². The molecule has 1 unspecified atom stereocenters. The van der Waals surface area contributed by atoms with Crippen LogP contribution in [0.1, 0.15) is 33.0 Å². The fraction of sp³-hybridized carbons (Fsp3) is 0.529. The molecule has 0 aliphatic carbocycles. The summed E-state index contributed by atoms with van der Waals surface area (Å²) in [6, 6.07) is 3.53. The molecule has 126 valence electrons. The molecule has 0 saturated carbocycles. The third kappa shape index (κ3) is 4.87. The van der Waals surface area contributed by atoms with Crippen molar-refractivity contribution in [2.75, 3.05) is 20.1 Å². The number of amides is 2. The lowest BCUT2D eigenvalue weighted by molar-refractivity contribution is -0.125. The predicted molar refractivity (Wildman–Crippen MR) is 86.7 cm³/mol. The van der Waals surface area contributed by atoms with Crippen LogP contribution in [-0.2, 0) is 9.53 Å². The number of nitrogens with zero attached hydrogens (tertiary/aromatic N) is 2. The molecule has 1 fully saturated rings. The predicted octanol–water partition coefficient (Wildman–Crippen LogP) is 2.76. The van der Waals surface area contributed by atoms with Crippen molar-refractivity contribution in [1.82, 2.24) is 9.80 Å². The second-order valence-corrected chi connectivity index (χ2v) is 6.67. The molecule has 1 saturated heterocycles. The van der Waals surface area contributed by atoms with Crippen molar-refractivity contribution in [3.8, 4) is 0 Å². The molecular formula is C17H24N2O4. The van der Waals surface area contributed by atoms with E-state index in [4.69, 9.17) is 9.15 Å². The first-order chi connectivity index (χ1) is 10.8. The van der Waals surface area contributed by atoms with Crippen molar-refractivity contribution in [2.45, 2.75) is 38.8 Å². The summed E-state index contributed by atoms with van der Waals surface area (Å²) in [5.41, 5.74) is -0.523. The van der Waals surface area contributed by atoms with Gasteiger partial charge in [-0.25, -0.2) is 4.79 Å². The molecule has 1 atom stereocenters. The number of likely N-dealkylation sites (N-methyl/N-ethyl adjacent to an activating group) is 1. The molecule has 1 aliphatic rings. The van der Waals surface area contributed by atoms with Gasteiger partial charge in [-0.1, -0.05) is 0 Å². The number of hydrogen-bond acceptors (Lipinski definition) is 4. The van der Waals surface area contributed by atoms with Gasteiger partial charge in [0.25, 0.3) is 0 Å². The van der Waals surface area contributed by atoms with Crippen LogP contribution in [0.15, 0.2) is 28.9 Å². The summed E-state index contributed by atoms with van der Waals surface area (Å²) in [5.74, 6) is 0.557. The van der Waals surface area contributed by atoms with Crippen LogP contribution in [-0.4, -0.2) is 53.6 Å². The van der Waals surface area contributed by atoms with Gasteiger partial charge in [0.2, 0.25) is 5.91 Å². The molecule has 2 heterocycles. The van der Waals surface area contributed by atoms with E-state index in [1.165, 1.54) is 6.08 Å². The highest BCUT2D eigenvalue weighted by molar-refractivity contribution is 5.91. The molecule has 23 heavy (non-hydrogen) atoms. The largest absolute Gasteiger partial charge is 0.465 e. The Kier molecular flexibility index (Phi) is 5.13. The lowest BCUT2D eigenvalue weighted by atomic mass is 10.2. The van der Waals surface area contributed by atoms with Crippen LogP contribution in [0.2, 0.25) is 0 Å². The van der Waals surface area contributed by atoms with Gasteiger partial charge in [-0.05, 0) is 45.4 Å². The fourth-order valence-electron chi connectivity index (χ4n) is 2.39. The summed E-state index contributed by atoms with van der Waals surface area (Å²) < 4.78 is 10.5. The van der Waals surface area contributed by atoms with Crippen LogP contribution >= 0.6 is 0 Å². The minimum Gasteiger partial charge on any atom is -0.465 e. The number of rotatable bonds is 3. The van der Waals surface area contributed by atoms with E-state index in [-0.39, 0.29) is 18.0 Å². The molecule has 2 amide bonds. The number of likely N-dealkylation sites (tertiary alicyclic amines) is 1. The Bertz CT molecular complexity index is 572. The average molecular weight is 320 g/mol. The van der Waals surface area contributed by atoms with E-state index in [0.717, 1.165) is 6.42 Å². The van der Waals surface area contributed by atoms with E-state index in [1.54, 1.807) is 41.3 Å². The summed E-state index contributed by atoms with van der Waals surface area (Å²) in [4.78, 5) is 27.6. The van der Waals surface area contributed by atoms with E-state index in [2.05, 4.69) is 0 Å². The molecule has 0 radical (unpaired) electrons. The number of hydrogen-bond donors (Lipinski definition) is 0. The van der Waals surface area contributed by atoms with Gasteiger partial charge in [0.05, 0.1) is 12.3 Å². The van der Waals surface area contributed by atoms with Crippen molar-refractivity contribution in [1.29, 1.82) is 0 Å². The molecular weight excluding hydrogens is 296 g/mol. The average Bonchev–Trinajstić information content (AvgIpc) is 3.13. The summed E-state index contributed by atoms with van der Waals surface area (Å²) in [7, 11) is 1.71. The van der Waals surface area contributed by atoms with Gasteiger partial charge < -0.3 is 19.0 Å². The zero-order valence-corrected chi connectivity index (χ0v) is 14.1. The maximum Gasteiger partial charge on any atom is 0.410 e.